The van der Waals surface area contributed by atoms with Gasteiger partial charge in [0.1, 0.15) is 11.9 Å². The molecule has 1 aromatic rings. The zero-order valence-electron chi connectivity index (χ0n) is 26.3. The molecule has 3 aliphatic carbocycles. The summed E-state index contributed by atoms with van der Waals surface area (Å²) in [6.07, 6.45) is 3.21. The van der Waals surface area contributed by atoms with E-state index in [1.54, 1.807) is 6.07 Å². The first kappa shape index (κ1) is 33.9. The van der Waals surface area contributed by atoms with Gasteiger partial charge in [-0.3, -0.25) is 0 Å². The first-order valence-electron chi connectivity index (χ1n) is 17.0. The van der Waals surface area contributed by atoms with Crippen molar-refractivity contribution in [3.8, 4) is 5.75 Å². The number of aromatic hydroxyl groups is 1. The number of benzene rings is 1. The quantitative estimate of drug-likeness (QED) is 0.179. The molecule has 1 heterocycles. The Labute approximate surface area is 258 Å². The third-order valence-electron chi connectivity index (χ3n) is 12.4. The SMILES string of the molecule is C[C@]12C[C@H](F)[C@@H]3c4ccc(O)cc4CC(CCCCCN4CCC[C@H]4CCCCCC(F)(F)C(F)(F)F)[C@H]3[C@@H]1CC[C@@]2(C)O. The number of hydrogen-bond acceptors (Lipinski definition) is 3. The van der Waals surface area contributed by atoms with Crippen molar-refractivity contribution in [2.45, 2.75) is 146 Å². The number of alkyl halides is 6. The van der Waals surface area contributed by atoms with Gasteiger partial charge in [0.25, 0.3) is 0 Å². The summed E-state index contributed by atoms with van der Waals surface area (Å²) in [6.45, 7) is 5.95. The summed E-state index contributed by atoms with van der Waals surface area (Å²) in [5.41, 5.74) is 0.797. The van der Waals surface area contributed by atoms with E-state index in [4.69, 9.17) is 0 Å². The number of phenolic OH excluding ortho intramolecular Hbond substituents is 1. The van der Waals surface area contributed by atoms with Crippen LogP contribution in [0.4, 0.5) is 26.3 Å². The van der Waals surface area contributed by atoms with Crippen molar-refractivity contribution in [3.63, 3.8) is 0 Å². The highest BCUT2D eigenvalue weighted by atomic mass is 19.4. The Bertz CT molecular complexity index is 1120. The molecule has 3 fully saturated rings. The predicted octanol–water partition coefficient (Wildman–Crippen LogP) is 9.35. The molecule has 4 aliphatic rings. The van der Waals surface area contributed by atoms with Gasteiger partial charge in [-0.15, -0.1) is 0 Å². The van der Waals surface area contributed by atoms with Gasteiger partial charge in [-0.05, 0) is 125 Å². The summed E-state index contributed by atoms with van der Waals surface area (Å²) in [7, 11) is 0. The number of hydrogen-bond donors (Lipinski definition) is 2. The molecule has 9 heteroatoms. The Morgan fingerprint density at radius 2 is 1.68 bits per heavy atom. The van der Waals surface area contributed by atoms with Gasteiger partial charge in [0, 0.05) is 23.8 Å². The van der Waals surface area contributed by atoms with E-state index in [9.17, 15) is 32.2 Å². The number of fused-ring (bicyclic) bond motifs is 5. The van der Waals surface area contributed by atoms with Crippen LogP contribution in [0.25, 0.3) is 0 Å². The van der Waals surface area contributed by atoms with Crippen LogP contribution >= 0.6 is 0 Å². The predicted molar refractivity (Wildman–Crippen MR) is 160 cm³/mol. The van der Waals surface area contributed by atoms with Crippen LogP contribution in [-0.2, 0) is 6.42 Å². The van der Waals surface area contributed by atoms with Crippen LogP contribution in [0, 0.1) is 23.2 Å². The number of nitrogens with zero attached hydrogens (tertiary/aromatic N) is 1. The maximum Gasteiger partial charge on any atom is 0.453 e. The normalized spacial score (nSPS) is 35.8. The molecular weight excluding hydrogens is 580 g/mol. The maximum atomic E-state index is 16.1. The summed E-state index contributed by atoms with van der Waals surface area (Å²) in [5, 5.41) is 21.5. The van der Waals surface area contributed by atoms with Crippen molar-refractivity contribution in [2.24, 2.45) is 23.2 Å². The monoisotopic (exact) mass is 631 g/mol. The lowest BCUT2D eigenvalue weighted by Gasteiger charge is -2.56. The minimum absolute atomic E-state index is 0.118. The fraction of sp³-hybridized carbons (Fsp3) is 0.829. The molecule has 5 rings (SSSR count). The minimum atomic E-state index is -5.47. The van der Waals surface area contributed by atoms with E-state index in [-0.39, 0.29) is 29.9 Å². The summed E-state index contributed by atoms with van der Waals surface area (Å²) < 4.78 is 79.6. The van der Waals surface area contributed by atoms with Crippen molar-refractivity contribution < 1.29 is 36.6 Å². The Morgan fingerprint density at radius 1 is 0.955 bits per heavy atom. The number of aliphatic hydroxyl groups is 1. The second-order valence-electron chi connectivity index (χ2n) is 15.0. The van der Waals surface area contributed by atoms with Gasteiger partial charge in [0.05, 0.1) is 5.60 Å². The molecule has 1 aliphatic heterocycles. The molecule has 2 N–H and O–H groups in total. The van der Waals surface area contributed by atoms with E-state index >= 15 is 4.39 Å². The van der Waals surface area contributed by atoms with Crippen LogP contribution in [-0.4, -0.2) is 58.1 Å². The Kier molecular flexibility index (Phi) is 9.98. The molecule has 0 amide bonds. The third kappa shape index (κ3) is 6.65. The molecule has 8 atom stereocenters. The average Bonchev–Trinajstić information content (AvgIpc) is 3.47. The number of rotatable bonds is 12. The standard InChI is InChI=1S/C35H51F6NO2/c1-32-22-29(36)31-27-14-13-26(43)21-24(27)20-23(30(31)28(32)15-17-33(32,2)44)10-5-4-8-18-42-19-9-12-25(42)11-6-3-7-16-34(37,38)35(39,40)41/h13-14,21,23,25,28-31,43-44H,3-12,15-20,22H2,1-2H3/t23?,25-,28+,29+,30+,31+,32+,33-/m1/s1. The van der Waals surface area contributed by atoms with Gasteiger partial charge in [-0.1, -0.05) is 38.7 Å². The fourth-order valence-electron chi connectivity index (χ4n) is 9.74. The maximum absolute atomic E-state index is 16.1. The molecule has 0 bridgehead atoms. The van der Waals surface area contributed by atoms with Gasteiger partial charge >= 0.3 is 12.1 Å². The van der Waals surface area contributed by atoms with E-state index in [0.29, 0.717) is 37.6 Å². The highest BCUT2D eigenvalue weighted by Gasteiger charge is 2.63. The smallest absolute Gasteiger partial charge is 0.453 e. The average molecular weight is 632 g/mol. The highest BCUT2D eigenvalue weighted by Crippen LogP contribution is 2.66. The molecule has 1 aromatic carbocycles. The van der Waals surface area contributed by atoms with Gasteiger partial charge in [-0.25, -0.2) is 4.39 Å². The van der Waals surface area contributed by atoms with E-state index < -0.39 is 35.7 Å². The number of phenols is 1. The topological polar surface area (TPSA) is 43.7 Å². The van der Waals surface area contributed by atoms with Crippen LogP contribution in [0.3, 0.4) is 0 Å². The second kappa shape index (κ2) is 13.0. The molecule has 250 valence electrons. The van der Waals surface area contributed by atoms with Crippen LogP contribution < -0.4 is 0 Å². The lowest BCUT2D eigenvalue weighted by molar-refractivity contribution is -0.284. The van der Waals surface area contributed by atoms with Crippen LogP contribution in [0.15, 0.2) is 18.2 Å². The van der Waals surface area contributed by atoms with Crippen molar-refractivity contribution in [1.29, 1.82) is 0 Å². The molecule has 3 nitrogen and oxygen atoms in total. The van der Waals surface area contributed by atoms with Gasteiger partial charge < -0.3 is 15.1 Å². The van der Waals surface area contributed by atoms with Gasteiger partial charge in [-0.2, -0.15) is 22.0 Å². The summed E-state index contributed by atoms with van der Waals surface area (Å²) in [5.74, 6) is -3.83. The second-order valence-corrected chi connectivity index (χ2v) is 15.0. The van der Waals surface area contributed by atoms with E-state index in [0.717, 1.165) is 82.0 Å². The van der Waals surface area contributed by atoms with Crippen molar-refractivity contribution in [3.05, 3.63) is 29.3 Å². The first-order valence-corrected chi connectivity index (χ1v) is 17.0. The fourth-order valence-corrected chi connectivity index (χ4v) is 9.74. The van der Waals surface area contributed by atoms with E-state index in [2.05, 4.69) is 11.8 Å². The molecule has 0 spiro atoms. The lowest BCUT2D eigenvalue weighted by Crippen LogP contribution is -2.54. The summed E-state index contributed by atoms with van der Waals surface area (Å²) in [6, 6.07) is 5.79. The number of likely N-dealkylation sites (tertiary alicyclic amines) is 1. The third-order valence-corrected chi connectivity index (χ3v) is 12.4. The van der Waals surface area contributed by atoms with Crippen molar-refractivity contribution >= 4 is 0 Å². The van der Waals surface area contributed by atoms with Crippen LogP contribution in [0.5, 0.6) is 5.75 Å². The largest absolute Gasteiger partial charge is 0.508 e. The van der Waals surface area contributed by atoms with Crippen molar-refractivity contribution in [2.75, 3.05) is 13.1 Å². The summed E-state index contributed by atoms with van der Waals surface area (Å²) in [4.78, 5) is 2.46. The van der Waals surface area contributed by atoms with Gasteiger partial charge in [0.15, 0.2) is 0 Å². The van der Waals surface area contributed by atoms with Gasteiger partial charge in [0.2, 0.25) is 0 Å². The molecule has 1 saturated heterocycles. The number of unbranched alkanes of at least 4 members (excludes halogenated alkanes) is 4. The molecular formula is C35H51F6NO2. The van der Waals surface area contributed by atoms with Crippen molar-refractivity contribution in [1.82, 2.24) is 4.90 Å². The Morgan fingerprint density at radius 3 is 2.43 bits per heavy atom. The van der Waals surface area contributed by atoms with E-state index in [1.807, 2.05) is 19.1 Å². The highest BCUT2D eigenvalue weighted by molar-refractivity contribution is 5.41. The minimum Gasteiger partial charge on any atom is -0.508 e. The molecule has 0 radical (unpaired) electrons. The van der Waals surface area contributed by atoms with Crippen LogP contribution in [0.2, 0.25) is 0 Å². The molecule has 1 unspecified atom stereocenters. The Hall–Kier alpha value is -1.48. The summed E-state index contributed by atoms with van der Waals surface area (Å²) >= 11 is 0. The first-order chi connectivity index (χ1) is 20.6. The lowest BCUT2D eigenvalue weighted by atomic mass is 9.50. The van der Waals surface area contributed by atoms with E-state index in [1.165, 1.54) is 0 Å². The zero-order valence-corrected chi connectivity index (χ0v) is 26.3. The molecule has 2 saturated carbocycles. The molecule has 0 aromatic heterocycles. The molecule has 44 heavy (non-hydrogen) atoms. The zero-order chi connectivity index (χ0) is 31.9. The number of halogens is 6. The Balaban J connectivity index is 1.12. The van der Waals surface area contributed by atoms with Crippen LogP contribution in [0.1, 0.15) is 121 Å².